The number of hydrogen-bond acceptors (Lipinski definition) is 6. The maximum Gasteiger partial charge on any atom is 0.226 e. The van der Waals surface area contributed by atoms with Crippen molar-refractivity contribution in [3.63, 3.8) is 0 Å². The first-order valence-electron chi connectivity index (χ1n) is 8.58. The Labute approximate surface area is 171 Å². The SMILES string of the molecule is COc1ccc(C2=C[C@@H](c3cc(Br)ccc3OC)n3ncnc3N2)cc1OC. The highest BCUT2D eigenvalue weighted by molar-refractivity contribution is 9.10. The van der Waals surface area contributed by atoms with Gasteiger partial charge in [0.2, 0.25) is 5.95 Å². The van der Waals surface area contributed by atoms with Gasteiger partial charge in [0.05, 0.1) is 21.3 Å². The predicted molar refractivity (Wildman–Crippen MR) is 110 cm³/mol. The third-order valence-corrected chi connectivity index (χ3v) is 5.11. The van der Waals surface area contributed by atoms with Crippen molar-refractivity contribution in [1.82, 2.24) is 14.8 Å². The van der Waals surface area contributed by atoms with Crippen LogP contribution in [0, 0.1) is 0 Å². The molecule has 0 saturated heterocycles. The molecule has 1 aliphatic rings. The van der Waals surface area contributed by atoms with Crippen LogP contribution in [0.3, 0.4) is 0 Å². The molecule has 2 heterocycles. The number of methoxy groups -OCH3 is 3. The molecule has 2 aromatic carbocycles. The van der Waals surface area contributed by atoms with Crippen molar-refractivity contribution in [3.05, 3.63) is 64.4 Å². The summed E-state index contributed by atoms with van der Waals surface area (Å²) in [7, 11) is 4.90. The van der Waals surface area contributed by atoms with Crippen molar-refractivity contribution in [3.8, 4) is 17.2 Å². The van der Waals surface area contributed by atoms with Crippen molar-refractivity contribution >= 4 is 27.6 Å². The van der Waals surface area contributed by atoms with Crippen molar-refractivity contribution in [2.75, 3.05) is 26.6 Å². The van der Waals surface area contributed by atoms with Gasteiger partial charge in [0.25, 0.3) is 0 Å². The van der Waals surface area contributed by atoms with Gasteiger partial charge in [-0.3, -0.25) is 0 Å². The maximum absolute atomic E-state index is 5.58. The number of aromatic nitrogens is 3. The van der Waals surface area contributed by atoms with E-state index in [-0.39, 0.29) is 6.04 Å². The fourth-order valence-electron chi connectivity index (χ4n) is 3.26. The first-order valence-corrected chi connectivity index (χ1v) is 9.38. The largest absolute Gasteiger partial charge is 0.496 e. The number of hydrogen-bond donors (Lipinski definition) is 1. The van der Waals surface area contributed by atoms with E-state index in [0.717, 1.165) is 27.0 Å². The van der Waals surface area contributed by atoms with Gasteiger partial charge in [-0.1, -0.05) is 15.9 Å². The summed E-state index contributed by atoms with van der Waals surface area (Å²) in [6, 6.07) is 11.5. The van der Waals surface area contributed by atoms with Crippen LogP contribution in [0.5, 0.6) is 17.2 Å². The van der Waals surface area contributed by atoms with E-state index in [1.807, 2.05) is 41.1 Å². The second-order valence-corrected chi connectivity index (χ2v) is 7.05. The number of allylic oxidation sites excluding steroid dienone is 1. The molecule has 3 aromatic rings. The topological polar surface area (TPSA) is 70.4 Å². The van der Waals surface area contributed by atoms with Gasteiger partial charge in [0.1, 0.15) is 18.1 Å². The lowest BCUT2D eigenvalue weighted by Crippen LogP contribution is -2.20. The van der Waals surface area contributed by atoms with Crippen LogP contribution in [0.1, 0.15) is 17.2 Å². The molecule has 0 radical (unpaired) electrons. The summed E-state index contributed by atoms with van der Waals surface area (Å²) in [5, 5.41) is 7.73. The number of halogens is 1. The molecule has 0 amide bonds. The average molecular weight is 443 g/mol. The van der Waals surface area contributed by atoms with Crippen LogP contribution in [0.25, 0.3) is 5.70 Å². The van der Waals surface area contributed by atoms with Crippen LogP contribution in [-0.4, -0.2) is 36.1 Å². The molecule has 4 rings (SSSR count). The van der Waals surface area contributed by atoms with E-state index >= 15 is 0 Å². The zero-order valence-electron chi connectivity index (χ0n) is 15.6. The molecule has 0 bridgehead atoms. The molecule has 1 aliphatic heterocycles. The maximum atomic E-state index is 5.58. The number of benzene rings is 2. The smallest absolute Gasteiger partial charge is 0.226 e. The molecule has 1 atom stereocenters. The van der Waals surface area contributed by atoms with Gasteiger partial charge >= 0.3 is 0 Å². The van der Waals surface area contributed by atoms with Gasteiger partial charge in [0.15, 0.2) is 11.5 Å². The van der Waals surface area contributed by atoms with Crippen molar-refractivity contribution in [2.45, 2.75) is 6.04 Å². The van der Waals surface area contributed by atoms with Crippen molar-refractivity contribution in [1.29, 1.82) is 0 Å². The number of rotatable bonds is 5. The highest BCUT2D eigenvalue weighted by atomic mass is 79.9. The summed E-state index contributed by atoms with van der Waals surface area (Å²) in [6.45, 7) is 0. The van der Waals surface area contributed by atoms with Gasteiger partial charge in [-0.15, -0.1) is 0 Å². The Morgan fingerprint density at radius 1 is 0.964 bits per heavy atom. The second kappa shape index (κ2) is 7.55. The molecule has 1 N–H and O–H groups in total. The summed E-state index contributed by atoms with van der Waals surface area (Å²) >= 11 is 3.55. The Morgan fingerprint density at radius 2 is 1.71 bits per heavy atom. The van der Waals surface area contributed by atoms with Crippen LogP contribution >= 0.6 is 15.9 Å². The van der Waals surface area contributed by atoms with Gasteiger partial charge in [-0.25, -0.2) is 4.68 Å². The lowest BCUT2D eigenvalue weighted by molar-refractivity contribution is 0.355. The highest BCUT2D eigenvalue weighted by Gasteiger charge is 2.26. The Bertz CT molecular complexity index is 1050. The number of nitrogens with zero attached hydrogens (tertiary/aromatic N) is 3. The Balaban J connectivity index is 1.84. The first kappa shape index (κ1) is 18.4. The molecule has 144 valence electrons. The van der Waals surface area contributed by atoms with Crippen molar-refractivity contribution < 1.29 is 14.2 Å². The molecular formula is C20H19BrN4O3. The minimum absolute atomic E-state index is 0.186. The Hall–Kier alpha value is -3.00. The molecule has 0 fully saturated rings. The number of ether oxygens (including phenoxy) is 3. The lowest BCUT2D eigenvalue weighted by Gasteiger charge is -2.26. The molecule has 0 unspecified atom stereocenters. The molecule has 8 heteroatoms. The third kappa shape index (κ3) is 3.20. The normalized spacial score (nSPS) is 15.3. The molecule has 0 saturated carbocycles. The van der Waals surface area contributed by atoms with Crippen LogP contribution < -0.4 is 19.5 Å². The van der Waals surface area contributed by atoms with E-state index in [9.17, 15) is 0 Å². The van der Waals surface area contributed by atoms with E-state index in [0.29, 0.717) is 17.4 Å². The molecular weight excluding hydrogens is 424 g/mol. The van der Waals surface area contributed by atoms with Gasteiger partial charge in [-0.05, 0) is 42.5 Å². The van der Waals surface area contributed by atoms with Gasteiger partial charge < -0.3 is 19.5 Å². The highest BCUT2D eigenvalue weighted by Crippen LogP contribution is 2.38. The summed E-state index contributed by atoms with van der Waals surface area (Å²) in [4.78, 5) is 4.35. The predicted octanol–water partition coefficient (Wildman–Crippen LogP) is 4.12. The number of anilines is 1. The van der Waals surface area contributed by atoms with Crippen LogP contribution in [-0.2, 0) is 0 Å². The van der Waals surface area contributed by atoms with Crippen LogP contribution in [0.2, 0.25) is 0 Å². The van der Waals surface area contributed by atoms with Crippen LogP contribution in [0.4, 0.5) is 5.95 Å². The summed E-state index contributed by atoms with van der Waals surface area (Å²) in [6.07, 6.45) is 3.62. The minimum atomic E-state index is -0.186. The molecule has 0 aliphatic carbocycles. The molecule has 7 nitrogen and oxygen atoms in total. The lowest BCUT2D eigenvalue weighted by atomic mass is 10.0. The van der Waals surface area contributed by atoms with Gasteiger partial charge in [0, 0.05) is 21.3 Å². The minimum Gasteiger partial charge on any atom is -0.496 e. The first-order chi connectivity index (χ1) is 13.6. The van der Waals surface area contributed by atoms with Gasteiger partial charge in [-0.2, -0.15) is 10.1 Å². The van der Waals surface area contributed by atoms with E-state index < -0.39 is 0 Å². The second-order valence-electron chi connectivity index (χ2n) is 6.13. The Morgan fingerprint density at radius 3 is 2.46 bits per heavy atom. The number of nitrogens with one attached hydrogen (secondary N) is 1. The average Bonchev–Trinajstić information content (AvgIpc) is 3.21. The summed E-state index contributed by atoms with van der Waals surface area (Å²) < 4.78 is 19.2. The zero-order chi connectivity index (χ0) is 19.7. The molecule has 0 spiro atoms. The quantitative estimate of drug-likeness (QED) is 0.640. The summed E-state index contributed by atoms with van der Waals surface area (Å²) in [5.41, 5.74) is 2.82. The fourth-order valence-corrected chi connectivity index (χ4v) is 3.64. The fraction of sp³-hybridized carbons (Fsp3) is 0.200. The summed E-state index contributed by atoms with van der Waals surface area (Å²) in [5.74, 6) is 2.76. The van der Waals surface area contributed by atoms with E-state index in [1.54, 1.807) is 21.3 Å². The Kier molecular flexibility index (Phi) is 4.95. The molecule has 1 aromatic heterocycles. The van der Waals surface area contributed by atoms with E-state index in [2.05, 4.69) is 37.4 Å². The van der Waals surface area contributed by atoms with E-state index in [4.69, 9.17) is 14.2 Å². The monoisotopic (exact) mass is 442 g/mol. The zero-order valence-corrected chi connectivity index (χ0v) is 17.2. The van der Waals surface area contributed by atoms with Crippen molar-refractivity contribution in [2.24, 2.45) is 0 Å². The number of fused-ring (bicyclic) bond motifs is 1. The standard InChI is InChI=1S/C20H19BrN4O3/c1-26-17-7-5-13(21)9-14(17)16-10-15(24-20-22-11-23-25(16)20)12-4-6-18(27-2)19(8-12)28-3/h4-11,16H,1-3H3,(H,22,23,24)/t16-/m0/s1. The van der Waals surface area contributed by atoms with Crippen LogP contribution in [0.15, 0.2) is 53.3 Å². The third-order valence-electron chi connectivity index (χ3n) is 4.61. The molecule has 28 heavy (non-hydrogen) atoms. The van der Waals surface area contributed by atoms with E-state index in [1.165, 1.54) is 6.33 Å².